The fraction of sp³-hybridized carbons (Fsp3) is 0.143. The number of benzene rings is 3. The fourth-order valence-corrected chi connectivity index (χ4v) is 3.12. The first-order valence-corrected chi connectivity index (χ1v) is 8.46. The summed E-state index contributed by atoms with van der Waals surface area (Å²) in [6, 6.07) is 17.6. The Morgan fingerprint density at radius 3 is 2.04 bits per heavy atom. The minimum atomic E-state index is -0.355. The third kappa shape index (κ3) is 2.87. The van der Waals surface area contributed by atoms with E-state index in [0.717, 1.165) is 10.3 Å². The van der Waals surface area contributed by atoms with Crippen LogP contribution in [0, 0.1) is 0 Å². The maximum absolute atomic E-state index is 12.9. The predicted molar refractivity (Wildman–Crippen MR) is 100 cm³/mol. The molecule has 26 heavy (non-hydrogen) atoms. The normalized spacial score (nSPS) is 12.8. The summed E-state index contributed by atoms with van der Waals surface area (Å²) in [7, 11) is 0. The molecule has 0 saturated carbocycles. The summed E-state index contributed by atoms with van der Waals surface area (Å²) in [5.41, 5.74) is 2.12. The molecule has 4 rings (SSSR count). The van der Waals surface area contributed by atoms with Crippen molar-refractivity contribution >= 4 is 28.3 Å². The van der Waals surface area contributed by atoms with Gasteiger partial charge >= 0.3 is 0 Å². The van der Waals surface area contributed by atoms with Gasteiger partial charge in [-0.15, -0.1) is 0 Å². The Labute approximate surface area is 151 Å². The second-order valence-corrected chi connectivity index (χ2v) is 5.60. The fourth-order valence-electron chi connectivity index (χ4n) is 3.12. The molecular formula is C21H19NO4. The van der Waals surface area contributed by atoms with Crippen LogP contribution in [0.4, 0.5) is 5.69 Å². The Hall–Kier alpha value is -3.02. The van der Waals surface area contributed by atoms with Crippen molar-refractivity contribution in [2.24, 2.45) is 0 Å². The van der Waals surface area contributed by atoms with Crippen LogP contribution in [0.2, 0.25) is 0 Å². The number of hydrogen-bond donors (Lipinski definition) is 1. The summed E-state index contributed by atoms with van der Waals surface area (Å²) in [6.07, 6.45) is 0. The molecule has 132 valence electrons. The van der Waals surface area contributed by atoms with Crippen LogP contribution in [0.25, 0.3) is 10.8 Å². The van der Waals surface area contributed by atoms with Gasteiger partial charge in [0.1, 0.15) is 6.61 Å². The van der Waals surface area contributed by atoms with E-state index >= 15 is 0 Å². The molecule has 5 nitrogen and oxygen atoms in total. The van der Waals surface area contributed by atoms with E-state index in [4.69, 9.17) is 5.26 Å². The largest absolute Gasteiger partial charge is 0.268 e. The quantitative estimate of drug-likeness (QED) is 0.424. The Kier molecular flexibility index (Phi) is 5.11. The van der Waals surface area contributed by atoms with Gasteiger partial charge in [-0.3, -0.25) is 14.8 Å². The van der Waals surface area contributed by atoms with E-state index < -0.39 is 0 Å². The highest BCUT2D eigenvalue weighted by molar-refractivity contribution is 6.35. The molecule has 0 bridgehead atoms. The second kappa shape index (κ2) is 7.47. The molecule has 0 radical (unpaired) electrons. The summed E-state index contributed by atoms with van der Waals surface area (Å²) in [6.45, 7) is 3.98. The minimum absolute atomic E-state index is 0.0176. The average Bonchev–Trinajstić information content (AvgIpc) is 2.68. The van der Waals surface area contributed by atoms with Gasteiger partial charge in [0, 0.05) is 16.5 Å². The van der Waals surface area contributed by atoms with Crippen LogP contribution in [0.5, 0.6) is 0 Å². The third-order valence-electron chi connectivity index (χ3n) is 4.17. The van der Waals surface area contributed by atoms with E-state index in [1.54, 1.807) is 36.4 Å². The van der Waals surface area contributed by atoms with Gasteiger partial charge in [0.15, 0.2) is 0 Å². The molecule has 1 aliphatic heterocycles. The highest BCUT2D eigenvalue weighted by Crippen LogP contribution is 2.32. The lowest BCUT2D eigenvalue weighted by Crippen LogP contribution is -2.40. The van der Waals surface area contributed by atoms with Gasteiger partial charge in [-0.1, -0.05) is 50.2 Å². The topological polar surface area (TPSA) is 66.8 Å². The number of anilines is 1. The summed E-state index contributed by atoms with van der Waals surface area (Å²) in [5.74, 6) is -0.710. The zero-order valence-electron chi connectivity index (χ0n) is 14.6. The van der Waals surface area contributed by atoms with E-state index in [9.17, 15) is 9.59 Å². The second-order valence-electron chi connectivity index (χ2n) is 5.60. The zero-order chi connectivity index (χ0) is 18.7. The van der Waals surface area contributed by atoms with Gasteiger partial charge in [-0.05, 0) is 35.2 Å². The standard InChI is InChI=1S/C19H13NO4.C2H6/c21-18-15-8-2-5-13-6-3-9-16(17(13)15)19(22)20(18)14-7-1-4-12(10-14)11-24-23;1-2/h1-10,23H,11H2;1-2H3. The molecule has 3 aromatic carbocycles. The van der Waals surface area contributed by atoms with E-state index in [1.165, 1.54) is 0 Å². The van der Waals surface area contributed by atoms with Crippen LogP contribution in [0.15, 0.2) is 60.7 Å². The van der Waals surface area contributed by atoms with E-state index in [0.29, 0.717) is 27.8 Å². The van der Waals surface area contributed by atoms with Crippen LogP contribution >= 0.6 is 0 Å². The molecule has 0 saturated heterocycles. The molecular weight excluding hydrogens is 330 g/mol. The summed E-state index contributed by atoms with van der Waals surface area (Å²) in [4.78, 5) is 31.1. The SMILES string of the molecule is CC.O=C1c2cccc3cccc(c23)C(=O)N1c1cccc(COO)c1. The van der Waals surface area contributed by atoms with Gasteiger partial charge in [-0.2, -0.15) is 0 Å². The summed E-state index contributed by atoms with van der Waals surface area (Å²) < 4.78 is 0. The summed E-state index contributed by atoms with van der Waals surface area (Å²) in [5, 5.41) is 10.2. The van der Waals surface area contributed by atoms with Crippen LogP contribution in [-0.2, 0) is 11.5 Å². The van der Waals surface area contributed by atoms with Gasteiger partial charge in [0.2, 0.25) is 0 Å². The van der Waals surface area contributed by atoms with Crippen molar-refractivity contribution in [3.8, 4) is 0 Å². The Bertz CT molecular complexity index is 930. The highest BCUT2D eigenvalue weighted by Gasteiger charge is 2.33. The molecule has 0 fully saturated rings. The number of imide groups is 1. The van der Waals surface area contributed by atoms with Gasteiger partial charge in [0.05, 0.1) is 5.69 Å². The minimum Gasteiger partial charge on any atom is -0.268 e. The number of amides is 2. The maximum atomic E-state index is 12.9. The van der Waals surface area contributed by atoms with Gasteiger partial charge in [-0.25, -0.2) is 9.79 Å². The van der Waals surface area contributed by atoms with Crippen LogP contribution in [0.3, 0.4) is 0 Å². The lowest BCUT2D eigenvalue weighted by molar-refractivity contribution is -0.252. The molecule has 2 amide bonds. The number of carbonyl (C=O) groups is 2. The molecule has 0 aromatic heterocycles. The number of nitrogens with zero attached hydrogens (tertiary/aromatic N) is 1. The zero-order valence-corrected chi connectivity index (χ0v) is 14.6. The van der Waals surface area contributed by atoms with E-state index in [2.05, 4.69) is 4.89 Å². The molecule has 0 unspecified atom stereocenters. The Morgan fingerprint density at radius 2 is 1.46 bits per heavy atom. The lowest BCUT2D eigenvalue weighted by Gasteiger charge is -2.27. The molecule has 0 aliphatic carbocycles. The molecule has 1 N–H and O–H groups in total. The van der Waals surface area contributed by atoms with Crippen molar-refractivity contribution in [3.63, 3.8) is 0 Å². The van der Waals surface area contributed by atoms with Crippen molar-refractivity contribution in [1.82, 2.24) is 0 Å². The first-order chi connectivity index (χ1) is 12.7. The van der Waals surface area contributed by atoms with Crippen molar-refractivity contribution in [3.05, 3.63) is 77.4 Å². The number of rotatable bonds is 3. The first-order valence-electron chi connectivity index (χ1n) is 8.46. The van der Waals surface area contributed by atoms with Crippen molar-refractivity contribution in [1.29, 1.82) is 0 Å². The molecule has 1 heterocycles. The third-order valence-corrected chi connectivity index (χ3v) is 4.17. The number of carbonyl (C=O) groups excluding carboxylic acids is 2. The predicted octanol–water partition coefficient (Wildman–Crippen LogP) is 4.66. The van der Waals surface area contributed by atoms with Crippen LogP contribution < -0.4 is 4.90 Å². The smallest absolute Gasteiger partial charge is 0.265 e. The highest BCUT2D eigenvalue weighted by atomic mass is 17.1. The Balaban J connectivity index is 0.000000948. The van der Waals surface area contributed by atoms with E-state index in [-0.39, 0.29) is 18.4 Å². The molecule has 5 heteroatoms. The molecule has 3 aromatic rings. The summed E-state index contributed by atoms with van der Waals surface area (Å²) >= 11 is 0. The van der Waals surface area contributed by atoms with Crippen molar-refractivity contribution in [2.75, 3.05) is 4.90 Å². The Morgan fingerprint density at radius 1 is 0.885 bits per heavy atom. The van der Waals surface area contributed by atoms with Crippen LogP contribution in [-0.4, -0.2) is 17.1 Å². The van der Waals surface area contributed by atoms with Crippen molar-refractivity contribution in [2.45, 2.75) is 20.5 Å². The molecule has 1 aliphatic rings. The molecule has 0 spiro atoms. The monoisotopic (exact) mass is 349 g/mol. The van der Waals surface area contributed by atoms with Gasteiger partial charge in [0.25, 0.3) is 11.8 Å². The molecule has 0 atom stereocenters. The van der Waals surface area contributed by atoms with Crippen molar-refractivity contribution < 1.29 is 19.7 Å². The number of hydrogen-bond acceptors (Lipinski definition) is 4. The lowest BCUT2D eigenvalue weighted by atomic mass is 9.93. The average molecular weight is 349 g/mol. The van der Waals surface area contributed by atoms with Gasteiger partial charge < -0.3 is 0 Å². The first kappa shape index (κ1) is 17.8. The van der Waals surface area contributed by atoms with E-state index in [1.807, 2.05) is 38.1 Å². The maximum Gasteiger partial charge on any atom is 0.265 e. The van der Waals surface area contributed by atoms with Crippen LogP contribution in [0.1, 0.15) is 40.1 Å².